The Labute approximate surface area is 206 Å². The van der Waals surface area contributed by atoms with Gasteiger partial charge in [-0.3, -0.25) is 0 Å². The third-order valence-electron chi connectivity index (χ3n) is 9.20. The first kappa shape index (κ1) is 25.7. The predicted octanol–water partition coefficient (Wildman–Crippen LogP) is 9.75. The monoisotopic (exact) mass is 472 g/mol. The van der Waals surface area contributed by atoms with Crippen molar-refractivity contribution in [2.45, 2.75) is 116 Å². The lowest BCUT2D eigenvalue weighted by atomic mass is 9.75. The van der Waals surface area contributed by atoms with Gasteiger partial charge in [0.1, 0.15) is 0 Å². The average molecular weight is 473 g/mol. The number of rotatable bonds is 12. The van der Waals surface area contributed by atoms with Crippen LogP contribution in [0.2, 0.25) is 0 Å². The summed E-state index contributed by atoms with van der Waals surface area (Å²) >= 11 is 0. The SMILES string of the molecule is CCCCCCOc1ccc(C2CCC(CCC3CCC4C(CCC)=CCC34)CC2)c(F)c1F. The van der Waals surface area contributed by atoms with Crippen LogP contribution in [0.1, 0.15) is 122 Å². The molecule has 0 amide bonds. The molecule has 1 aromatic carbocycles. The molecule has 0 saturated heterocycles. The van der Waals surface area contributed by atoms with E-state index in [9.17, 15) is 8.78 Å². The number of fused-ring (bicyclic) bond motifs is 1. The Kier molecular flexibility index (Phi) is 9.48. The van der Waals surface area contributed by atoms with Crippen LogP contribution in [0.15, 0.2) is 23.8 Å². The third kappa shape index (κ3) is 6.05. The van der Waals surface area contributed by atoms with Crippen LogP contribution in [-0.2, 0) is 0 Å². The zero-order valence-electron chi connectivity index (χ0n) is 21.6. The highest BCUT2D eigenvalue weighted by Crippen LogP contribution is 2.51. The van der Waals surface area contributed by atoms with Gasteiger partial charge >= 0.3 is 0 Å². The molecule has 3 unspecified atom stereocenters. The molecule has 0 radical (unpaired) electrons. The van der Waals surface area contributed by atoms with Gasteiger partial charge in [-0.15, -0.1) is 0 Å². The summed E-state index contributed by atoms with van der Waals surface area (Å²) in [5.41, 5.74) is 2.33. The van der Waals surface area contributed by atoms with Crippen molar-refractivity contribution in [2.75, 3.05) is 6.61 Å². The van der Waals surface area contributed by atoms with E-state index in [0.717, 1.165) is 75.0 Å². The van der Waals surface area contributed by atoms with E-state index < -0.39 is 11.6 Å². The first-order chi connectivity index (χ1) is 16.6. The van der Waals surface area contributed by atoms with Crippen LogP contribution < -0.4 is 4.74 Å². The normalized spacial score (nSPS) is 28.7. The van der Waals surface area contributed by atoms with Crippen molar-refractivity contribution in [1.29, 1.82) is 0 Å². The number of benzene rings is 1. The van der Waals surface area contributed by atoms with E-state index in [1.807, 2.05) is 0 Å². The van der Waals surface area contributed by atoms with Gasteiger partial charge in [0.05, 0.1) is 6.61 Å². The van der Waals surface area contributed by atoms with Gasteiger partial charge in [-0.25, -0.2) is 4.39 Å². The second-order valence-electron chi connectivity index (χ2n) is 11.4. The van der Waals surface area contributed by atoms with Crippen LogP contribution in [-0.4, -0.2) is 6.61 Å². The maximum Gasteiger partial charge on any atom is 0.200 e. The van der Waals surface area contributed by atoms with Crippen molar-refractivity contribution in [3.8, 4) is 5.75 Å². The summed E-state index contributed by atoms with van der Waals surface area (Å²) < 4.78 is 35.1. The summed E-state index contributed by atoms with van der Waals surface area (Å²) in [6, 6.07) is 3.43. The first-order valence-electron chi connectivity index (χ1n) is 14.4. The molecule has 0 aliphatic heterocycles. The molecule has 3 aliphatic rings. The standard InChI is InChI=1S/C31H46F2O/c1-3-5-6-7-21-34-29-20-19-28(30(32)31(29)33)25-13-10-22(11-14-25)9-12-24-16-18-26-23(8-4-2)15-17-27(24)26/h15,19-20,22,24-27H,3-14,16-18,21H2,1-2H3. The van der Waals surface area contributed by atoms with Crippen LogP contribution in [0.5, 0.6) is 5.75 Å². The fourth-order valence-corrected chi connectivity index (χ4v) is 7.24. The molecule has 2 saturated carbocycles. The molecule has 34 heavy (non-hydrogen) atoms. The van der Waals surface area contributed by atoms with Crippen molar-refractivity contribution in [1.82, 2.24) is 0 Å². The number of ether oxygens (including phenoxy) is 1. The van der Waals surface area contributed by atoms with E-state index in [2.05, 4.69) is 19.9 Å². The Hall–Kier alpha value is -1.38. The molecule has 0 N–H and O–H groups in total. The molecule has 0 heterocycles. The van der Waals surface area contributed by atoms with E-state index in [1.54, 1.807) is 17.7 Å². The Bertz CT molecular complexity index is 808. The highest BCUT2D eigenvalue weighted by molar-refractivity contribution is 5.33. The fraction of sp³-hybridized carbons (Fsp3) is 0.742. The predicted molar refractivity (Wildman–Crippen MR) is 137 cm³/mol. The van der Waals surface area contributed by atoms with Crippen molar-refractivity contribution >= 4 is 0 Å². The first-order valence-corrected chi connectivity index (χ1v) is 14.4. The molecule has 1 nitrogen and oxygen atoms in total. The zero-order valence-corrected chi connectivity index (χ0v) is 21.6. The maximum absolute atomic E-state index is 14.9. The molecule has 2 fully saturated rings. The van der Waals surface area contributed by atoms with Crippen molar-refractivity contribution in [3.05, 3.63) is 41.0 Å². The van der Waals surface area contributed by atoms with Crippen molar-refractivity contribution in [3.63, 3.8) is 0 Å². The van der Waals surface area contributed by atoms with Gasteiger partial charge < -0.3 is 4.74 Å². The minimum Gasteiger partial charge on any atom is -0.490 e. The second kappa shape index (κ2) is 12.5. The molecule has 0 aromatic heterocycles. The number of halogens is 2. The van der Waals surface area contributed by atoms with Gasteiger partial charge in [0.25, 0.3) is 0 Å². The Morgan fingerprint density at radius 1 is 0.853 bits per heavy atom. The van der Waals surface area contributed by atoms with Crippen LogP contribution in [0, 0.1) is 35.3 Å². The Morgan fingerprint density at radius 2 is 1.68 bits per heavy atom. The van der Waals surface area contributed by atoms with Gasteiger partial charge in [0, 0.05) is 0 Å². The van der Waals surface area contributed by atoms with Crippen LogP contribution in [0.25, 0.3) is 0 Å². The average Bonchev–Trinajstić information content (AvgIpc) is 3.44. The molecule has 190 valence electrons. The van der Waals surface area contributed by atoms with Gasteiger partial charge in [-0.2, -0.15) is 4.39 Å². The molecule has 3 heteroatoms. The lowest BCUT2D eigenvalue weighted by Gasteiger charge is -2.30. The molecule has 0 spiro atoms. The summed E-state index contributed by atoms with van der Waals surface area (Å²) in [5.74, 6) is 2.24. The summed E-state index contributed by atoms with van der Waals surface area (Å²) in [6.07, 6.45) is 20.5. The summed E-state index contributed by atoms with van der Waals surface area (Å²) in [5, 5.41) is 0. The van der Waals surface area contributed by atoms with E-state index in [1.165, 1.54) is 44.9 Å². The Morgan fingerprint density at radius 3 is 2.44 bits per heavy atom. The minimum absolute atomic E-state index is 0.0739. The highest BCUT2D eigenvalue weighted by atomic mass is 19.2. The molecule has 0 bridgehead atoms. The molecule has 3 atom stereocenters. The second-order valence-corrected chi connectivity index (χ2v) is 11.4. The number of hydrogen-bond donors (Lipinski definition) is 0. The molecular formula is C31H46F2O. The van der Waals surface area contributed by atoms with Crippen LogP contribution in [0.3, 0.4) is 0 Å². The van der Waals surface area contributed by atoms with E-state index in [4.69, 9.17) is 4.74 Å². The molecule has 4 rings (SSSR count). The van der Waals surface area contributed by atoms with Crippen LogP contribution in [0.4, 0.5) is 8.78 Å². The quantitative estimate of drug-likeness (QED) is 0.217. The van der Waals surface area contributed by atoms with E-state index in [0.29, 0.717) is 12.2 Å². The highest BCUT2D eigenvalue weighted by Gasteiger charge is 2.40. The number of unbranched alkanes of at least 4 members (excludes halogenated alkanes) is 3. The smallest absolute Gasteiger partial charge is 0.200 e. The maximum atomic E-state index is 14.9. The molecule has 1 aromatic rings. The van der Waals surface area contributed by atoms with Crippen molar-refractivity contribution < 1.29 is 13.5 Å². The molecule has 3 aliphatic carbocycles. The van der Waals surface area contributed by atoms with Gasteiger partial charge in [0.15, 0.2) is 11.6 Å². The largest absolute Gasteiger partial charge is 0.490 e. The van der Waals surface area contributed by atoms with Crippen LogP contribution >= 0.6 is 0 Å². The van der Waals surface area contributed by atoms with E-state index in [-0.39, 0.29) is 11.7 Å². The zero-order chi connectivity index (χ0) is 23.9. The van der Waals surface area contributed by atoms with Gasteiger partial charge in [-0.1, -0.05) is 63.7 Å². The summed E-state index contributed by atoms with van der Waals surface area (Å²) in [6.45, 7) is 4.91. The van der Waals surface area contributed by atoms with Crippen molar-refractivity contribution in [2.24, 2.45) is 23.7 Å². The topological polar surface area (TPSA) is 9.23 Å². The molecular weight excluding hydrogens is 426 g/mol. The minimum atomic E-state index is -0.793. The fourth-order valence-electron chi connectivity index (χ4n) is 7.24. The van der Waals surface area contributed by atoms with Gasteiger partial charge in [-0.05, 0) is 105 Å². The van der Waals surface area contributed by atoms with E-state index >= 15 is 0 Å². The summed E-state index contributed by atoms with van der Waals surface area (Å²) in [4.78, 5) is 0. The lowest BCUT2D eigenvalue weighted by molar-refractivity contribution is 0.258. The summed E-state index contributed by atoms with van der Waals surface area (Å²) in [7, 11) is 0. The number of allylic oxidation sites excluding steroid dienone is 2. The van der Waals surface area contributed by atoms with Gasteiger partial charge in [0.2, 0.25) is 5.82 Å². The number of hydrogen-bond acceptors (Lipinski definition) is 1. The Balaban J connectivity index is 1.21. The lowest BCUT2D eigenvalue weighted by Crippen LogP contribution is -2.17. The third-order valence-corrected chi connectivity index (χ3v) is 9.20.